The van der Waals surface area contributed by atoms with Crippen molar-refractivity contribution in [2.24, 2.45) is 0 Å². The lowest BCUT2D eigenvalue weighted by molar-refractivity contribution is -0.0379. The van der Waals surface area contributed by atoms with Gasteiger partial charge in [0.25, 0.3) is 5.56 Å². The number of ether oxygens (including phenoxy) is 1. The molecule has 1 aliphatic heterocycles. The van der Waals surface area contributed by atoms with E-state index >= 15 is 0 Å². The van der Waals surface area contributed by atoms with Crippen molar-refractivity contribution in [3.8, 4) is 5.69 Å². The van der Waals surface area contributed by atoms with E-state index in [1.807, 2.05) is 41.7 Å². The number of rotatable bonds is 4. The molecule has 30 heavy (non-hydrogen) atoms. The third-order valence-electron chi connectivity index (χ3n) is 5.17. The van der Waals surface area contributed by atoms with Crippen LogP contribution in [-0.2, 0) is 17.8 Å². The van der Waals surface area contributed by atoms with Crippen molar-refractivity contribution in [2.75, 3.05) is 5.75 Å². The van der Waals surface area contributed by atoms with Gasteiger partial charge in [-0.05, 0) is 38.5 Å². The summed E-state index contributed by atoms with van der Waals surface area (Å²) in [7, 11) is 0. The molecule has 3 aromatic heterocycles. The van der Waals surface area contributed by atoms with Crippen molar-refractivity contribution in [3.05, 3.63) is 63.3 Å². The van der Waals surface area contributed by atoms with E-state index in [-0.39, 0.29) is 11.2 Å². The third-order valence-corrected chi connectivity index (χ3v) is 7.52. The summed E-state index contributed by atoms with van der Waals surface area (Å²) in [6, 6.07) is 9.64. The van der Waals surface area contributed by atoms with Crippen molar-refractivity contribution in [3.63, 3.8) is 0 Å². The molecule has 0 N–H and O–H groups in total. The summed E-state index contributed by atoms with van der Waals surface area (Å²) in [4.78, 5) is 15.8. The van der Waals surface area contributed by atoms with Gasteiger partial charge in [-0.3, -0.25) is 4.79 Å². The standard InChI is InChI=1S/C22H22N4O2S2/c1-13(2)12-29-21-24-23-20-25(14-8-6-5-7-9-14)18(27)17-15-10-22(3,4)28-11-16(15)30-19(17)26(20)21/h5-9H,1,10-12H2,2-4H3. The Hall–Kier alpha value is -2.42. The average molecular weight is 439 g/mol. The van der Waals surface area contributed by atoms with E-state index in [0.717, 1.165) is 42.8 Å². The van der Waals surface area contributed by atoms with Gasteiger partial charge in [0.05, 0.1) is 23.3 Å². The van der Waals surface area contributed by atoms with Crippen LogP contribution in [-0.4, -0.2) is 30.5 Å². The molecule has 0 aliphatic carbocycles. The molecule has 0 atom stereocenters. The normalized spacial score (nSPS) is 15.6. The first-order valence-electron chi connectivity index (χ1n) is 9.77. The molecule has 4 heterocycles. The van der Waals surface area contributed by atoms with E-state index in [0.29, 0.717) is 18.8 Å². The molecule has 0 saturated heterocycles. The Morgan fingerprint density at radius 3 is 2.80 bits per heavy atom. The maximum atomic E-state index is 13.8. The molecule has 1 aliphatic rings. The smallest absolute Gasteiger partial charge is 0.268 e. The number of hydrogen-bond donors (Lipinski definition) is 0. The molecule has 6 nitrogen and oxygen atoms in total. The number of para-hydroxylation sites is 1. The van der Waals surface area contributed by atoms with Gasteiger partial charge in [-0.1, -0.05) is 42.1 Å². The van der Waals surface area contributed by atoms with Crippen LogP contribution in [0.5, 0.6) is 0 Å². The molecule has 1 aromatic carbocycles. The molecular weight excluding hydrogens is 416 g/mol. The molecule has 0 spiro atoms. The zero-order chi connectivity index (χ0) is 21.0. The zero-order valence-corrected chi connectivity index (χ0v) is 18.8. The lowest BCUT2D eigenvalue weighted by atomic mass is 9.94. The third kappa shape index (κ3) is 3.10. The van der Waals surface area contributed by atoms with Gasteiger partial charge < -0.3 is 4.74 Å². The van der Waals surface area contributed by atoms with E-state index in [2.05, 4.69) is 30.6 Å². The summed E-state index contributed by atoms with van der Waals surface area (Å²) in [6.45, 7) is 10.7. The summed E-state index contributed by atoms with van der Waals surface area (Å²) in [6.07, 6.45) is 0.703. The molecule has 154 valence electrons. The van der Waals surface area contributed by atoms with Crippen molar-refractivity contribution >= 4 is 39.1 Å². The molecule has 0 amide bonds. The predicted octanol–water partition coefficient (Wildman–Crippen LogP) is 4.61. The van der Waals surface area contributed by atoms with Gasteiger partial charge in [0.2, 0.25) is 5.78 Å². The molecule has 0 radical (unpaired) electrons. The van der Waals surface area contributed by atoms with Crippen LogP contribution < -0.4 is 5.56 Å². The van der Waals surface area contributed by atoms with Crippen LogP contribution in [0.3, 0.4) is 0 Å². The lowest BCUT2D eigenvalue weighted by Crippen LogP contribution is -2.32. The van der Waals surface area contributed by atoms with Gasteiger partial charge in [0.1, 0.15) is 4.83 Å². The zero-order valence-electron chi connectivity index (χ0n) is 17.1. The van der Waals surface area contributed by atoms with Crippen LogP contribution in [0, 0.1) is 0 Å². The molecule has 8 heteroatoms. The number of hydrogen-bond acceptors (Lipinski definition) is 6. The van der Waals surface area contributed by atoms with Crippen LogP contribution in [0.25, 0.3) is 21.7 Å². The summed E-state index contributed by atoms with van der Waals surface area (Å²) >= 11 is 3.19. The van der Waals surface area contributed by atoms with Gasteiger partial charge >= 0.3 is 0 Å². The first kappa shape index (κ1) is 19.5. The van der Waals surface area contributed by atoms with Gasteiger partial charge in [0, 0.05) is 17.1 Å². The highest BCUT2D eigenvalue weighted by Crippen LogP contribution is 2.39. The number of benzene rings is 1. The quantitative estimate of drug-likeness (QED) is 0.344. The predicted molar refractivity (Wildman–Crippen MR) is 122 cm³/mol. The van der Waals surface area contributed by atoms with Gasteiger partial charge in [-0.2, -0.15) is 0 Å². The van der Waals surface area contributed by atoms with Crippen molar-refractivity contribution in [2.45, 2.75) is 44.6 Å². The number of thiophene rings is 1. The minimum atomic E-state index is -0.301. The fourth-order valence-electron chi connectivity index (χ4n) is 3.80. The Kier molecular flexibility index (Phi) is 4.61. The van der Waals surface area contributed by atoms with E-state index in [1.54, 1.807) is 27.7 Å². The van der Waals surface area contributed by atoms with Crippen molar-refractivity contribution < 1.29 is 4.74 Å². The highest BCUT2D eigenvalue weighted by atomic mass is 32.2. The molecule has 0 fully saturated rings. The Balaban J connectivity index is 1.88. The number of thioether (sulfide) groups is 1. The summed E-state index contributed by atoms with van der Waals surface area (Å²) in [5, 5.41) is 10.4. The molecule has 0 unspecified atom stereocenters. The topological polar surface area (TPSA) is 61.4 Å². The second kappa shape index (κ2) is 7.08. The van der Waals surface area contributed by atoms with Crippen LogP contribution in [0.2, 0.25) is 0 Å². The molecule has 0 saturated carbocycles. The fourth-order valence-corrected chi connectivity index (χ4v) is 5.85. The SMILES string of the molecule is C=C(C)CSc1nnc2n(-c3ccccc3)c(=O)c3c4c(sc3n12)COC(C)(C)C4. The van der Waals surface area contributed by atoms with Crippen molar-refractivity contribution in [1.82, 2.24) is 19.2 Å². The summed E-state index contributed by atoms with van der Waals surface area (Å²) in [5.41, 5.74) is 2.58. The maximum Gasteiger partial charge on any atom is 0.268 e. The van der Waals surface area contributed by atoms with Gasteiger partial charge in [0.15, 0.2) is 5.16 Å². The Labute approximate surface area is 182 Å². The van der Waals surface area contributed by atoms with E-state index < -0.39 is 0 Å². The van der Waals surface area contributed by atoms with E-state index in [9.17, 15) is 4.79 Å². The highest BCUT2D eigenvalue weighted by Gasteiger charge is 2.32. The molecule has 4 aromatic rings. The molecule has 0 bridgehead atoms. The average Bonchev–Trinajstić information content (AvgIpc) is 3.28. The minimum Gasteiger partial charge on any atom is -0.370 e. The monoisotopic (exact) mass is 438 g/mol. The Bertz CT molecular complexity index is 1350. The number of nitrogens with zero attached hydrogens (tertiary/aromatic N) is 4. The first-order valence-corrected chi connectivity index (χ1v) is 11.6. The first-order chi connectivity index (χ1) is 14.4. The Morgan fingerprint density at radius 1 is 1.30 bits per heavy atom. The van der Waals surface area contributed by atoms with E-state index in [1.165, 1.54) is 0 Å². The fraction of sp³-hybridized carbons (Fsp3) is 0.318. The molecular formula is C22H22N4O2S2. The molecule has 5 rings (SSSR count). The lowest BCUT2D eigenvalue weighted by Gasteiger charge is -2.29. The maximum absolute atomic E-state index is 13.8. The second-order valence-corrected chi connectivity index (χ2v) is 10.3. The summed E-state index contributed by atoms with van der Waals surface area (Å²) in [5.74, 6) is 1.27. The minimum absolute atomic E-state index is 0.0530. The Morgan fingerprint density at radius 2 is 2.07 bits per heavy atom. The number of aromatic nitrogens is 4. The van der Waals surface area contributed by atoms with Gasteiger partial charge in [-0.25, -0.2) is 8.97 Å². The number of fused-ring (bicyclic) bond motifs is 5. The summed E-state index contributed by atoms with van der Waals surface area (Å²) < 4.78 is 9.72. The van der Waals surface area contributed by atoms with Gasteiger partial charge in [-0.15, -0.1) is 21.5 Å². The largest absolute Gasteiger partial charge is 0.370 e. The van der Waals surface area contributed by atoms with Crippen LogP contribution in [0.4, 0.5) is 0 Å². The van der Waals surface area contributed by atoms with Crippen molar-refractivity contribution in [1.29, 1.82) is 0 Å². The highest BCUT2D eigenvalue weighted by molar-refractivity contribution is 7.99. The van der Waals surface area contributed by atoms with Crippen LogP contribution >= 0.6 is 23.1 Å². The van der Waals surface area contributed by atoms with Crippen LogP contribution in [0.1, 0.15) is 31.2 Å². The van der Waals surface area contributed by atoms with Crippen LogP contribution in [0.15, 0.2) is 52.4 Å². The van der Waals surface area contributed by atoms with E-state index in [4.69, 9.17) is 4.74 Å². The second-order valence-electron chi connectivity index (χ2n) is 8.25.